The molecule has 132 valence electrons. The highest BCUT2D eigenvalue weighted by Crippen LogP contribution is 2.26. The summed E-state index contributed by atoms with van der Waals surface area (Å²) in [5.74, 6) is 0.790. The molecule has 0 aromatic heterocycles. The van der Waals surface area contributed by atoms with Gasteiger partial charge in [-0.2, -0.15) is 0 Å². The van der Waals surface area contributed by atoms with Crippen LogP contribution in [0.5, 0.6) is 0 Å². The predicted octanol–water partition coefficient (Wildman–Crippen LogP) is 1.32. The second-order valence-electron chi connectivity index (χ2n) is 6.71. The van der Waals surface area contributed by atoms with Crippen molar-refractivity contribution in [1.82, 2.24) is 15.1 Å². The molecule has 2 atom stereocenters. The fourth-order valence-corrected chi connectivity index (χ4v) is 3.18. The van der Waals surface area contributed by atoms with Gasteiger partial charge in [-0.15, -0.1) is 0 Å². The van der Waals surface area contributed by atoms with Crippen LogP contribution in [0.3, 0.4) is 0 Å². The molecule has 0 spiro atoms. The van der Waals surface area contributed by atoms with Crippen LogP contribution in [0.25, 0.3) is 0 Å². The Morgan fingerprint density at radius 3 is 2.78 bits per heavy atom. The number of esters is 1. The van der Waals surface area contributed by atoms with Gasteiger partial charge in [0.15, 0.2) is 5.96 Å². The van der Waals surface area contributed by atoms with E-state index >= 15 is 0 Å². The van der Waals surface area contributed by atoms with E-state index < -0.39 is 0 Å². The number of nitrogens with zero attached hydrogens (tertiary/aromatic N) is 3. The molecule has 2 aliphatic rings. The molecular weight excluding hydrogens is 292 g/mol. The zero-order valence-electron chi connectivity index (χ0n) is 15.0. The lowest BCUT2D eigenvalue weighted by Crippen LogP contribution is -2.51. The van der Waals surface area contributed by atoms with E-state index in [4.69, 9.17) is 4.74 Å². The summed E-state index contributed by atoms with van der Waals surface area (Å²) in [5.41, 5.74) is 0. The molecule has 2 unspecified atom stereocenters. The van der Waals surface area contributed by atoms with Gasteiger partial charge in [-0.05, 0) is 46.6 Å². The molecule has 1 N–H and O–H groups in total. The lowest BCUT2D eigenvalue weighted by molar-refractivity contribution is -0.149. The summed E-state index contributed by atoms with van der Waals surface area (Å²) in [7, 11) is 4.01. The average molecular weight is 324 g/mol. The van der Waals surface area contributed by atoms with Gasteiger partial charge in [-0.25, -0.2) is 0 Å². The first kappa shape index (κ1) is 18.0. The molecular formula is C17H32N4O2. The molecule has 0 bridgehead atoms. The molecule has 6 nitrogen and oxygen atoms in total. The van der Waals surface area contributed by atoms with Crippen molar-refractivity contribution in [2.24, 2.45) is 10.9 Å². The second-order valence-corrected chi connectivity index (χ2v) is 6.71. The van der Waals surface area contributed by atoms with Gasteiger partial charge in [0.2, 0.25) is 0 Å². The van der Waals surface area contributed by atoms with Crippen molar-refractivity contribution in [2.45, 2.75) is 51.6 Å². The van der Waals surface area contributed by atoms with Crippen LogP contribution in [0.2, 0.25) is 0 Å². The minimum absolute atomic E-state index is 0.0335. The summed E-state index contributed by atoms with van der Waals surface area (Å²) in [6.07, 6.45) is 4.56. The number of rotatable bonds is 6. The van der Waals surface area contributed by atoms with E-state index in [0.717, 1.165) is 37.9 Å². The van der Waals surface area contributed by atoms with Crippen LogP contribution in [0.4, 0.5) is 0 Å². The number of nitrogens with one attached hydrogen (secondary N) is 1. The summed E-state index contributed by atoms with van der Waals surface area (Å²) in [6.45, 7) is 7.08. The highest BCUT2D eigenvalue weighted by atomic mass is 16.5. The van der Waals surface area contributed by atoms with Crippen LogP contribution in [-0.2, 0) is 9.53 Å². The minimum atomic E-state index is -0.0745. The van der Waals surface area contributed by atoms with Gasteiger partial charge in [0.1, 0.15) is 0 Å². The number of aliphatic imine (C=N–C) groups is 1. The standard InChI is InChI=1S/C17H32N4O2/c1-5-23-16(22)14-7-6-10-21(12-14)17(18-3)19-11-13(2)20(4)15-8-9-15/h13-15H,5-12H2,1-4H3,(H,18,19). The molecule has 2 rings (SSSR count). The van der Waals surface area contributed by atoms with E-state index in [2.05, 4.69) is 34.1 Å². The van der Waals surface area contributed by atoms with E-state index in [1.807, 2.05) is 14.0 Å². The fraction of sp³-hybridized carbons (Fsp3) is 0.882. The molecule has 1 aliphatic heterocycles. The van der Waals surface area contributed by atoms with E-state index in [-0.39, 0.29) is 11.9 Å². The molecule has 2 fully saturated rings. The van der Waals surface area contributed by atoms with Crippen LogP contribution < -0.4 is 5.32 Å². The largest absolute Gasteiger partial charge is 0.466 e. The number of hydrogen-bond donors (Lipinski definition) is 1. The molecule has 1 heterocycles. The van der Waals surface area contributed by atoms with Gasteiger partial charge >= 0.3 is 5.97 Å². The Balaban J connectivity index is 1.83. The first-order chi connectivity index (χ1) is 11.1. The van der Waals surface area contributed by atoms with Crippen molar-refractivity contribution in [2.75, 3.05) is 40.3 Å². The van der Waals surface area contributed by atoms with E-state index in [1.54, 1.807) is 0 Å². The predicted molar refractivity (Wildman–Crippen MR) is 92.5 cm³/mol. The first-order valence-electron chi connectivity index (χ1n) is 8.91. The molecule has 0 aromatic carbocycles. The molecule has 23 heavy (non-hydrogen) atoms. The SMILES string of the molecule is CCOC(=O)C1CCCN(C(=NC)NCC(C)N(C)C2CC2)C1. The Bertz CT molecular complexity index is 423. The maximum atomic E-state index is 12.0. The van der Waals surface area contributed by atoms with Crippen LogP contribution >= 0.6 is 0 Å². The molecule has 1 saturated carbocycles. The number of carbonyl (C=O) groups excluding carboxylic acids is 1. The van der Waals surface area contributed by atoms with Gasteiger partial charge in [-0.3, -0.25) is 14.7 Å². The number of ether oxygens (including phenoxy) is 1. The maximum Gasteiger partial charge on any atom is 0.310 e. The van der Waals surface area contributed by atoms with Gasteiger partial charge in [0, 0.05) is 38.8 Å². The Labute approximate surface area is 140 Å². The second kappa shape index (κ2) is 8.52. The Morgan fingerprint density at radius 2 is 2.17 bits per heavy atom. The monoisotopic (exact) mass is 324 g/mol. The smallest absolute Gasteiger partial charge is 0.310 e. The maximum absolute atomic E-state index is 12.0. The van der Waals surface area contributed by atoms with Gasteiger partial charge in [0.25, 0.3) is 0 Å². The average Bonchev–Trinajstić information content (AvgIpc) is 3.40. The minimum Gasteiger partial charge on any atom is -0.466 e. The van der Waals surface area contributed by atoms with Crippen LogP contribution in [-0.4, -0.2) is 74.1 Å². The van der Waals surface area contributed by atoms with Crippen molar-refractivity contribution >= 4 is 11.9 Å². The number of likely N-dealkylation sites (N-methyl/N-ethyl adjacent to an activating group) is 1. The fourth-order valence-electron chi connectivity index (χ4n) is 3.18. The van der Waals surface area contributed by atoms with Crippen LogP contribution in [0.15, 0.2) is 4.99 Å². The number of guanidine groups is 1. The van der Waals surface area contributed by atoms with Crippen molar-refractivity contribution in [3.63, 3.8) is 0 Å². The molecule has 0 amide bonds. The summed E-state index contributed by atoms with van der Waals surface area (Å²) < 4.78 is 5.17. The van der Waals surface area contributed by atoms with E-state index in [1.165, 1.54) is 12.8 Å². The lowest BCUT2D eigenvalue weighted by Gasteiger charge is -2.35. The van der Waals surface area contributed by atoms with Gasteiger partial charge in [-0.1, -0.05) is 0 Å². The highest BCUT2D eigenvalue weighted by molar-refractivity contribution is 5.81. The van der Waals surface area contributed by atoms with Crippen LogP contribution in [0.1, 0.15) is 39.5 Å². The summed E-state index contributed by atoms with van der Waals surface area (Å²) >= 11 is 0. The van der Waals surface area contributed by atoms with E-state index in [9.17, 15) is 4.79 Å². The van der Waals surface area contributed by atoms with Gasteiger partial charge < -0.3 is 15.0 Å². The van der Waals surface area contributed by atoms with Crippen molar-refractivity contribution in [1.29, 1.82) is 0 Å². The van der Waals surface area contributed by atoms with Crippen molar-refractivity contribution < 1.29 is 9.53 Å². The quantitative estimate of drug-likeness (QED) is 0.454. The highest BCUT2D eigenvalue weighted by Gasteiger charge is 2.30. The number of hydrogen-bond acceptors (Lipinski definition) is 4. The molecule has 6 heteroatoms. The summed E-state index contributed by atoms with van der Waals surface area (Å²) in [6, 6.07) is 1.24. The van der Waals surface area contributed by atoms with Crippen molar-refractivity contribution in [3.8, 4) is 0 Å². The Hall–Kier alpha value is -1.30. The zero-order valence-corrected chi connectivity index (χ0v) is 15.0. The number of likely N-dealkylation sites (tertiary alicyclic amines) is 1. The summed E-state index contributed by atoms with van der Waals surface area (Å²) in [4.78, 5) is 21.0. The Morgan fingerprint density at radius 1 is 1.43 bits per heavy atom. The molecule has 0 aromatic rings. The lowest BCUT2D eigenvalue weighted by atomic mass is 9.98. The third-order valence-electron chi connectivity index (χ3n) is 4.93. The normalized spacial score (nSPS) is 23.8. The van der Waals surface area contributed by atoms with Crippen LogP contribution in [0, 0.1) is 5.92 Å². The summed E-state index contributed by atoms with van der Waals surface area (Å²) in [5, 5.41) is 3.48. The van der Waals surface area contributed by atoms with Gasteiger partial charge in [0.05, 0.1) is 12.5 Å². The topological polar surface area (TPSA) is 57.2 Å². The molecule has 0 radical (unpaired) electrons. The first-order valence-corrected chi connectivity index (χ1v) is 8.91. The third-order valence-corrected chi connectivity index (χ3v) is 4.93. The van der Waals surface area contributed by atoms with E-state index in [0.29, 0.717) is 19.2 Å². The van der Waals surface area contributed by atoms with Crippen molar-refractivity contribution in [3.05, 3.63) is 0 Å². The zero-order chi connectivity index (χ0) is 16.8. The number of piperidine rings is 1. The molecule has 1 aliphatic carbocycles. The number of carbonyl (C=O) groups is 1. The third kappa shape index (κ3) is 5.09. The Kier molecular flexibility index (Phi) is 6.69. The molecule has 1 saturated heterocycles.